The average molecular weight is 494 g/mol. The fraction of sp³-hybridized carbons (Fsp3) is 0.0526. The number of aromatic hydroxyl groups is 2. The van der Waals surface area contributed by atoms with Gasteiger partial charge < -0.3 is 10.2 Å². The second kappa shape index (κ2) is 7.87. The fourth-order valence-electron chi connectivity index (χ4n) is 3.18. The van der Waals surface area contributed by atoms with Gasteiger partial charge in [-0.3, -0.25) is 4.55 Å². The number of benzene rings is 3. The maximum atomic E-state index is 12.9. The van der Waals surface area contributed by atoms with Crippen LogP contribution < -0.4 is 0 Å². The molecule has 0 bridgehead atoms. The molecule has 0 amide bonds. The predicted molar refractivity (Wildman–Crippen MR) is 114 cm³/mol. The number of rotatable bonds is 4. The van der Waals surface area contributed by atoms with Crippen LogP contribution in [-0.2, 0) is 14.9 Å². The Kier molecular flexibility index (Phi) is 5.98. The Morgan fingerprint density at radius 2 is 1.28 bits per heavy atom. The lowest BCUT2D eigenvalue weighted by molar-refractivity contribution is 0.434. The molecule has 0 radical (unpaired) electrons. The smallest absolute Gasteiger partial charge is 0.283 e. The zero-order valence-electron chi connectivity index (χ0n) is 14.3. The van der Waals surface area contributed by atoms with E-state index in [1.165, 1.54) is 24.3 Å². The lowest BCUT2D eigenvalue weighted by atomic mass is 9.83. The first-order chi connectivity index (χ1) is 13.5. The van der Waals surface area contributed by atoms with Crippen LogP contribution in [0.5, 0.6) is 11.5 Å². The Labute approximate surface area is 186 Å². The normalized spacial score (nSPS) is 13.8. The summed E-state index contributed by atoms with van der Waals surface area (Å²) in [5, 5.41) is 20.3. The standard InChI is InChI=1S/C19H12Cl4O5S/c20-13-9-16(24)12(8-17(13)25)19(29(26,27)28,10-4-2-1-3-5-10)11-6-14(21)18(23)15(22)7-11/h1-9,24-25H,(H,26,27,28). The molecule has 0 heterocycles. The van der Waals surface area contributed by atoms with Crippen LogP contribution in [-0.4, -0.2) is 23.2 Å². The van der Waals surface area contributed by atoms with Gasteiger partial charge in [-0.05, 0) is 29.3 Å². The Morgan fingerprint density at radius 1 is 0.724 bits per heavy atom. The van der Waals surface area contributed by atoms with Crippen LogP contribution >= 0.6 is 46.4 Å². The van der Waals surface area contributed by atoms with E-state index in [0.29, 0.717) is 0 Å². The van der Waals surface area contributed by atoms with Crippen molar-refractivity contribution >= 4 is 56.5 Å². The first-order valence-corrected chi connectivity index (χ1v) is 10.8. The van der Waals surface area contributed by atoms with Gasteiger partial charge in [-0.15, -0.1) is 0 Å². The third kappa shape index (κ3) is 3.65. The molecule has 3 N–H and O–H groups in total. The molecule has 5 nitrogen and oxygen atoms in total. The molecule has 0 saturated carbocycles. The van der Waals surface area contributed by atoms with Crippen molar-refractivity contribution in [3.05, 3.63) is 91.4 Å². The second-order valence-corrected chi connectivity index (χ2v) is 9.26. The lowest BCUT2D eigenvalue weighted by Gasteiger charge is -2.33. The molecule has 3 aromatic carbocycles. The first-order valence-electron chi connectivity index (χ1n) is 7.89. The van der Waals surface area contributed by atoms with Gasteiger partial charge in [-0.2, -0.15) is 8.42 Å². The molecular formula is C19H12Cl4O5S. The fourth-order valence-corrected chi connectivity index (χ4v) is 5.22. The number of phenols is 2. The summed E-state index contributed by atoms with van der Waals surface area (Å²) in [6.45, 7) is 0. The van der Waals surface area contributed by atoms with Gasteiger partial charge in [0.05, 0.1) is 20.1 Å². The van der Waals surface area contributed by atoms with Crippen molar-refractivity contribution in [3.63, 3.8) is 0 Å². The van der Waals surface area contributed by atoms with Crippen molar-refractivity contribution in [2.24, 2.45) is 0 Å². The van der Waals surface area contributed by atoms with Gasteiger partial charge in [0.1, 0.15) is 11.5 Å². The summed E-state index contributed by atoms with van der Waals surface area (Å²) >= 11 is 24.1. The van der Waals surface area contributed by atoms with E-state index < -0.39 is 26.4 Å². The molecule has 3 rings (SSSR count). The van der Waals surface area contributed by atoms with Crippen LogP contribution in [0.4, 0.5) is 0 Å². The summed E-state index contributed by atoms with van der Waals surface area (Å²) < 4.78 is 33.9. The van der Waals surface area contributed by atoms with E-state index in [1.54, 1.807) is 18.2 Å². The summed E-state index contributed by atoms with van der Waals surface area (Å²) in [4.78, 5) is 0. The SMILES string of the molecule is O=S(=O)(O)C(c1ccccc1)(c1cc(Cl)c(Cl)c(Cl)c1)c1cc(O)c(Cl)cc1O. The monoisotopic (exact) mass is 492 g/mol. The Morgan fingerprint density at radius 3 is 1.79 bits per heavy atom. The Hall–Kier alpha value is -1.67. The van der Waals surface area contributed by atoms with E-state index in [4.69, 9.17) is 46.4 Å². The van der Waals surface area contributed by atoms with Gasteiger partial charge in [0, 0.05) is 11.6 Å². The van der Waals surface area contributed by atoms with Crippen LogP contribution in [0.1, 0.15) is 16.7 Å². The van der Waals surface area contributed by atoms with Crippen LogP contribution in [0.3, 0.4) is 0 Å². The average Bonchev–Trinajstić information content (AvgIpc) is 2.64. The summed E-state index contributed by atoms with van der Waals surface area (Å²) in [5.41, 5.74) is -0.417. The van der Waals surface area contributed by atoms with Gasteiger partial charge in [0.15, 0.2) is 4.75 Å². The topological polar surface area (TPSA) is 94.8 Å². The molecule has 10 heteroatoms. The summed E-state index contributed by atoms with van der Waals surface area (Å²) in [6, 6.07) is 11.9. The summed E-state index contributed by atoms with van der Waals surface area (Å²) in [5.74, 6) is -1.09. The van der Waals surface area contributed by atoms with Gasteiger partial charge in [-0.1, -0.05) is 76.7 Å². The van der Waals surface area contributed by atoms with Crippen LogP contribution in [0, 0.1) is 0 Å². The third-order valence-electron chi connectivity index (χ3n) is 4.40. The number of phenolic OH excluding ortho intramolecular Hbond substituents is 2. The maximum absolute atomic E-state index is 12.9. The maximum Gasteiger partial charge on any atom is 0.283 e. The Bertz CT molecular complexity index is 1180. The molecule has 0 aliphatic carbocycles. The molecule has 1 unspecified atom stereocenters. The zero-order valence-corrected chi connectivity index (χ0v) is 18.1. The number of halogens is 4. The van der Waals surface area contributed by atoms with Crippen molar-refractivity contribution in [2.45, 2.75) is 4.75 Å². The van der Waals surface area contributed by atoms with Gasteiger partial charge in [0.25, 0.3) is 10.1 Å². The number of hydrogen-bond acceptors (Lipinski definition) is 4. The van der Waals surface area contributed by atoms with E-state index in [2.05, 4.69) is 0 Å². The van der Waals surface area contributed by atoms with Crippen molar-refractivity contribution in [2.75, 3.05) is 0 Å². The molecule has 1 atom stereocenters. The highest BCUT2D eigenvalue weighted by molar-refractivity contribution is 7.87. The molecule has 3 aromatic rings. The predicted octanol–water partition coefficient (Wildman–Crippen LogP) is 5.89. The van der Waals surface area contributed by atoms with Gasteiger partial charge >= 0.3 is 0 Å². The van der Waals surface area contributed by atoms with Crippen molar-refractivity contribution in [1.29, 1.82) is 0 Å². The molecule has 0 fully saturated rings. The van der Waals surface area contributed by atoms with Gasteiger partial charge in [0.2, 0.25) is 0 Å². The van der Waals surface area contributed by atoms with Crippen LogP contribution in [0.25, 0.3) is 0 Å². The highest BCUT2D eigenvalue weighted by atomic mass is 35.5. The van der Waals surface area contributed by atoms with E-state index in [1.807, 2.05) is 0 Å². The van der Waals surface area contributed by atoms with Crippen molar-refractivity contribution in [3.8, 4) is 11.5 Å². The molecule has 0 spiro atoms. The molecule has 29 heavy (non-hydrogen) atoms. The zero-order chi connectivity index (χ0) is 21.6. The van der Waals surface area contributed by atoms with E-state index >= 15 is 0 Å². The second-order valence-electron chi connectivity index (χ2n) is 6.10. The molecule has 0 aliphatic rings. The lowest BCUT2D eigenvalue weighted by Crippen LogP contribution is -2.38. The first kappa shape index (κ1) is 22.0. The minimum Gasteiger partial charge on any atom is -0.508 e. The molecule has 152 valence electrons. The summed E-state index contributed by atoms with van der Waals surface area (Å²) in [7, 11) is -5.06. The van der Waals surface area contributed by atoms with Gasteiger partial charge in [-0.25, -0.2) is 0 Å². The quantitative estimate of drug-likeness (QED) is 0.182. The molecule has 0 saturated heterocycles. The highest BCUT2D eigenvalue weighted by Gasteiger charge is 2.50. The van der Waals surface area contributed by atoms with Crippen LogP contribution in [0.2, 0.25) is 20.1 Å². The van der Waals surface area contributed by atoms with E-state index in [0.717, 1.165) is 12.1 Å². The largest absolute Gasteiger partial charge is 0.508 e. The highest BCUT2D eigenvalue weighted by Crippen LogP contribution is 2.50. The minimum absolute atomic E-state index is 0.0161. The van der Waals surface area contributed by atoms with Crippen molar-refractivity contribution < 1.29 is 23.2 Å². The van der Waals surface area contributed by atoms with Crippen molar-refractivity contribution in [1.82, 2.24) is 0 Å². The molecular weight excluding hydrogens is 482 g/mol. The van der Waals surface area contributed by atoms with E-state index in [-0.39, 0.29) is 36.8 Å². The molecule has 0 aliphatic heterocycles. The minimum atomic E-state index is -5.06. The Balaban J connectivity index is 2.59. The molecule has 0 aromatic heterocycles. The third-order valence-corrected chi connectivity index (χ3v) is 7.37. The number of hydrogen-bond donors (Lipinski definition) is 3. The van der Waals surface area contributed by atoms with E-state index in [9.17, 15) is 23.2 Å². The van der Waals surface area contributed by atoms with Crippen LogP contribution in [0.15, 0.2) is 54.6 Å². The summed E-state index contributed by atoms with van der Waals surface area (Å²) in [6.07, 6.45) is 0.